The Kier molecular flexibility index (Phi) is 4.39. The standard InChI is InChI=1S/C15H14BrFN2O/c1-2-19(14-6-4-3-5-13(14)17)15(20)10-7-11(16)9-12(18)8-10/h3-9H,2,18H2,1H3. The minimum Gasteiger partial charge on any atom is -0.399 e. The van der Waals surface area contributed by atoms with Gasteiger partial charge in [-0.25, -0.2) is 4.39 Å². The van der Waals surface area contributed by atoms with Crippen LogP contribution in [0.4, 0.5) is 15.8 Å². The first-order valence-corrected chi connectivity index (χ1v) is 6.94. The summed E-state index contributed by atoms with van der Waals surface area (Å²) in [5.41, 5.74) is 6.89. The first kappa shape index (κ1) is 14.5. The molecule has 0 saturated carbocycles. The molecule has 104 valence electrons. The Labute approximate surface area is 125 Å². The van der Waals surface area contributed by atoms with Gasteiger partial charge in [-0.15, -0.1) is 0 Å². The minimum absolute atomic E-state index is 0.263. The van der Waals surface area contributed by atoms with Crippen molar-refractivity contribution in [3.05, 3.63) is 58.3 Å². The molecule has 0 spiro atoms. The smallest absolute Gasteiger partial charge is 0.258 e. The van der Waals surface area contributed by atoms with Gasteiger partial charge in [0, 0.05) is 22.3 Å². The number of halogens is 2. The van der Waals surface area contributed by atoms with E-state index in [0.717, 1.165) is 0 Å². The fourth-order valence-electron chi connectivity index (χ4n) is 1.99. The highest BCUT2D eigenvalue weighted by Gasteiger charge is 2.19. The Morgan fingerprint density at radius 2 is 2.00 bits per heavy atom. The Bertz CT molecular complexity index is 625. The van der Waals surface area contributed by atoms with Gasteiger partial charge in [0.25, 0.3) is 5.91 Å². The van der Waals surface area contributed by atoms with E-state index in [1.807, 2.05) is 0 Å². The van der Waals surface area contributed by atoms with Crippen LogP contribution in [0.15, 0.2) is 46.9 Å². The molecule has 20 heavy (non-hydrogen) atoms. The van der Waals surface area contributed by atoms with Gasteiger partial charge in [-0.1, -0.05) is 28.1 Å². The van der Waals surface area contributed by atoms with Crippen LogP contribution in [0.1, 0.15) is 17.3 Å². The lowest BCUT2D eigenvalue weighted by Crippen LogP contribution is -2.31. The van der Waals surface area contributed by atoms with E-state index in [0.29, 0.717) is 22.3 Å². The van der Waals surface area contributed by atoms with Crippen LogP contribution < -0.4 is 10.6 Å². The maximum absolute atomic E-state index is 13.8. The van der Waals surface area contributed by atoms with Crippen molar-refractivity contribution in [1.29, 1.82) is 0 Å². The lowest BCUT2D eigenvalue weighted by atomic mass is 10.1. The van der Waals surface area contributed by atoms with Crippen molar-refractivity contribution in [2.75, 3.05) is 17.2 Å². The zero-order valence-corrected chi connectivity index (χ0v) is 12.5. The van der Waals surface area contributed by atoms with Gasteiger partial charge in [0.05, 0.1) is 5.69 Å². The zero-order valence-electron chi connectivity index (χ0n) is 10.9. The van der Waals surface area contributed by atoms with Crippen LogP contribution in [-0.2, 0) is 0 Å². The number of hydrogen-bond acceptors (Lipinski definition) is 2. The normalized spacial score (nSPS) is 10.3. The summed E-state index contributed by atoms with van der Waals surface area (Å²) < 4.78 is 14.5. The van der Waals surface area contributed by atoms with E-state index in [9.17, 15) is 9.18 Å². The molecule has 1 amide bonds. The van der Waals surface area contributed by atoms with Crippen LogP contribution in [0.25, 0.3) is 0 Å². The van der Waals surface area contributed by atoms with Crippen LogP contribution in [0.5, 0.6) is 0 Å². The molecule has 0 fully saturated rings. The summed E-state index contributed by atoms with van der Waals surface area (Å²) in [5, 5.41) is 0. The number of nitrogens with zero attached hydrogens (tertiary/aromatic N) is 1. The number of carbonyl (C=O) groups excluding carboxylic acids is 1. The Morgan fingerprint density at radius 1 is 1.30 bits per heavy atom. The SMILES string of the molecule is CCN(C(=O)c1cc(N)cc(Br)c1)c1ccccc1F. The highest BCUT2D eigenvalue weighted by molar-refractivity contribution is 9.10. The number of amides is 1. The fourth-order valence-corrected chi connectivity index (χ4v) is 2.50. The summed E-state index contributed by atoms with van der Waals surface area (Å²) in [4.78, 5) is 13.9. The van der Waals surface area contributed by atoms with Crippen LogP contribution >= 0.6 is 15.9 Å². The van der Waals surface area contributed by atoms with Gasteiger partial charge in [-0.3, -0.25) is 4.79 Å². The number of nitrogen functional groups attached to an aromatic ring is 1. The van der Waals surface area contributed by atoms with E-state index >= 15 is 0 Å². The second-order valence-electron chi connectivity index (χ2n) is 4.27. The van der Waals surface area contributed by atoms with E-state index in [4.69, 9.17) is 5.73 Å². The molecular formula is C15H14BrFN2O. The summed E-state index contributed by atoms with van der Waals surface area (Å²) >= 11 is 3.30. The monoisotopic (exact) mass is 336 g/mol. The Hall–Kier alpha value is -1.88. The molecule has 2 N–H and O–H groups in total. The van der Waals surface area contributed by atoms with E-state index < -0.39 is 5.82 Å². The molecule has 0 bridgehead atoms. The summed E-state index contributed by atoms with van der Waals surface area (Å²) in [6, 6.07) is 11.2. The quantitative estimate of drug-likeness (QED) is 0.865. The Balaban J connectivity index is 2.42. The number of hydrogen-bond donors (Lipinski definition) is 1. The number of anilines is 2. The zero-order chi connectivity index (χ0) is 14.7. The van der Waals surface area contributed by atoms with Crippen molar-refractivity contribution < 1.29 is 9.18 Å². The van der Waals surface area contributed by atoms with Gasteiger partial charge in [0.1, 0.15) is 5.82 Å². The van der Waals surface area contributed by atoms with Gasteiger partial charge in [0.15, 0.2) is 0 Å². The second kappa shape index (κ2) is 6.05. The van der Waals surface area contributed by atoms with Gasteiger partial charge in [-0.2, -0.15) is 0 Å². The molecule has 2 rings (SSSR count). The van der Waals surface area contributed by atoms with Crippen LogP contribution in [0.2, 0.25) is 0 Å². The lowest BCUT2D eigenvalue weighted by molar-refractivity contribution is 0.0987. The van der Waals surface area contributed by atoms with Crippen molar-refractivity contribution in [3.63, 3.8) is 0 Å². The summed E-state index contributed by atoms with van der Waals surface area (Å²) in [5.74, 6) is -0.712. The third kappa shape index (κ3) is 2.99. The number of carbonyl (C=O) groups is 1. The molecule has 0 unspecified atom stereocenters. The molecule has 2 aromatic carbocycles. The van der Waals surface area contributed by atoms with Crippen molar-refractivity contribution in [2.24, 2.45) is 0 Å². The summed E-state index contributed by atoms with van der Waals surface area (Å²) in [6.45, 7) is 2.16. The molecule has 0 aliphatic carbocycles. The fraction of sp³-hybridized carbons (Fsp3) is 0.133. The maximum Gasteiger partial charge on any atom is 0.258 e. The highest BCUT2D eigenvalue weighted by Crippen LogP contribution is 2.23. The number of para-hydroxylation sites is 1. The molecule has 0 heterocycles. The minimum atomic E-state index is -0.425. The van der Waals surface area contributed by atoms with Crippen LogP contribution in [-0.4, -0.2) is 12.5 Å². The largest absolute Gasteiger partial charge is 0.399 e. The molecule has 3 nitrogen and oxygen atoms in total. The average Bonchev–Trinajstić information content (AvgIpc) is 2.40. The molecule has 2 aromatic rings. The van der Waals surface area contributed by atoms with E-state index in [1.165, 1.54) is 11.0 Å². The van der Waals surface area contributed by atoms with Gasteiger partial charge >= 0.3 is 0 Å². The molecule has 0 saturated heterocycles. The number of benzene rings is 2. The van der Waals surface area contributed by atoms with Gasteiger partial charge in [-0.05, 0) is 37.3 Å². The molecule has 5 heteroatoms. The first-order chi connectivity index (χ1) is 9.52. The van der Waals surface area contributed by atoms with Crippen LogP contribution in [0.3, 0.4) is 0 Å². The number of rotatable bonds is 3. The number of nitrogens with two attached hydrogens (primary N) is 1. The third-order valence-electron chi connectivity index (χ3n) is 2.87. The molecular weight excluding hydrogens is 323 g/mol. The summed E-state index contributed by atoms with van der Waals surface area (Å²) in [6.07, 6.45) is 0. The molecule has 0 aliphatic heterocycles. The third-order valence-corrected chi connectivity index (χ3v) is 3.33. The molecule has 0 atom stereocenters. The van der Waals surface area contributed by atoms with Crippen molar-refractivity contribution >= 4 is 33.2 Å². The average molecular weight is 337 g/mol. The highest BCUT2D eigenvalue weighted by atomic mass is 79.9. The summed E-state index contributed by atoms with van der Waals surface area (Å²) in [7, 11) is 0. The van der Waals surface area contributed by atoms with Gasteiger partial charge < -0.3 is 10.6 Å². The van der Waals surface area contributed by atoms with Crippen molar-refractivity contribution in [1.82, 2.24) is 0 Å². The van der Waals surface area contributed by atoms with Crippen molar-refractivity contribution in [2.45, 2.75) is 6.92 Å². The van der Waals surface area contributed by atoms with E-state index in [-0.39, 0.29) is 11.6 Å². The molecule has 0 aromatic heterocycles. The van der Waals surface area contributed by atoms with E-state index in [1.54, 1.807) is 43.3 Å². The topological polar surface area (TPSA) is 46.3 Å². The lowest BCUT2D eigenvalue weighted by Gasteiger charge is -2.22. The predicted octanol–water partition coefficient (Wildman–Crippen LogP) is 3.84. The van der Waals surface area contributed by atoms with Gasteiger partial charge in [0.2, 0.25) is 0 Å². The van der Waals surface area contributed by atoms with Crippen LogP contribution in [0, 0.1) is 5.82 Å². The maximum atomic E-state index is 13.8. The molecule has 0 radical (unpaired) electrons. The Morgan fingerprint density at radius 3 is 2.60 bits per heavy atom. The second-order valence-corrected chi connectivity index (χ2v) is 5.19. The first-order valence-electron chi connectivity index (χ1n) is 6.15. The van der Waals surface area contributed by atoms with Crippen molar-refractivity contribution in [3.8, 4) is 0 Å². The predicted molar refractivity (Wildman–Crippen MR) is 82.3 cm³/mol. The van der Waals surface area contributed by atoms with E-state index in [2.05, 4.69) is 15.9 Å². The molecule has 0 aliphatic rings.